The van der Waals surface area contributed by atoms with Gasteiger partial charge in [-0.05, 0) is 12.1 Å². The highest BCUT2D eigenvalue weighted by molar-refractivity contribution is 6.31. The Morgan fingerprint density at radius 1 is 1.06 bits per heavy atom. The van der Waals surface area contributed by atoms with Gasteiger partial charge in [-0.15, -0.1) is 0 Å². The van der Waals surface area contributed by atoms with Gasteiger partial charge in [-0.1, -0.05) is 29.8 Å². The maximum atomic E-state index is 5.99. The second-order valence-corrected chi connectivity index (χ2v) is 3.82. The van der Waals surface area contributed by atoms with Gasteiger partial charge in [0.1, 0.15) is 5.69 Å². The highest BCUT2D eigenvalue weighted by Crippen LogP contribution is 2.26. The van der Waals surface area contributed by atoms with Crippen LogP contribution in [0.3, 0.4) is 0 Å². The fraction of sp³-hybridized carbons (Fsp3) is 0. The molecule has 16 heavy (non-hydrogen) atoms. The number of H-pyrrole nitrogens is 1. The van der Waals surface area contributed by atoms with Crippen LogP contribution in [0, 0.1) is 0 Å². The predicted octanol–water partition coefficient (Wildman–Crippen LogP) is 3.28. The zero-order valence-corrected chi connectivity index (χ0v) is 9.07. The van der Waals surface area contributed by atoms with E-state index >= 15 is 0 Å². The van der Waals surface area contributed by atoms with E-state index in [0.29, 0.717) is 10.8 Å². The summed E-state index contributed by atoms with van der Waals surface area (Å²) in [5, 5.41) is 1.55. The molecular weight excluding hydrogens is 222 g/mol. The van der Waals surface area contributed by atoms with Crippen LogP contribution in [-0.2, 0) is 0 Å². The van der Waals surface area contributed by atoms with Crippen molar-refractivity contribution in [3.63, 3.8) is 0 Å². The van der Waals surface area contributed by atoms with Crippen LogP contribution in [0.5, 0.6) is 0 Å². The fourth-order valence-corrected chi connectivity index (χ4v) is 1.91. The SMILES string of the molecule is Clc1nccnc1-c1cc2ccccc2[nH]1. The number of para-hydroxylation sites is 1. The number of rotatable bonds is 1. The first-order chi connectivity index (χ1) is 7.84. The molecule has 2 aromatic heterocycles. The van der Waals surface area contributed by atoms with E-state index in [1.807, 2.05) is 30.3 Å². The molecule has 0 atom stereocenters. The molecule has 0 bridgehead atoms. The van der Waals surface area contributed by atoms with Gasteiger partial charge >= 0.3 is 0 Å². The molecule has 0 saturated carbocycles. The third-order valence-electron chi connectivity index (χ3n) is 2.44. The van der Waals surface area contributed by atoms with Crippen molar-refractivity contribution in [1.82, 2.24) is 15.0 Å². The topological polar surface area (TPSA) is 41.6 Å². The van der Waals surface area contributed by atoms with Gasteiger partial charge in [0.25, 0.3) is 0 Å². The first-order valence-electron chi connectivity index (χ1n) is 4.89. The van der Waals surface area contributed by atoms with E-state index in [2.05, 4.69) is 15.0 Å². The second kappa shape index (κ2) is 3.61. The molecule has 3 nitrogen and oxygen atoms in total. The van der Waals surface area contributed by atoms with E-state index in [9.17, 15) is 0 Å². The van der Waals surface area contributed by atoms with Crippen LogP contribution in [-0.4, -0.2) is 15.0 Å². The molecule has 1 aromatic carbocycles. The summed E-state index contributed by atoms with van der Waals surface area (Å²) in [6, 6.07) is 10.1. The number of aromatic amines is 1. The Labute approximate surface area is 97.1 Å². The number of aromatic nitrogens is 3. The van der Waals surface area contributed by atoms with Crippen molar-refractivity contribution < 1.29 is 0 Å². The smallest absolute Gasteiger partial charge is 0.156 e. The van der Waals surface area contributed by atoms with E-state index in [0.717, 1.165) is 16.6 Å². The van der Waals surface area contributed by atoms with Crippen LogP contribution >= 0.6 is 11.6 Å². The lowest BCUT2D eigenvalue weighted by Crippen LogP contribution is -1.86. The summed E-state index contributed by atoms with van der Waals surface area (Å²) in [6.07, 6.45) is 3.21. The van der Waals surface area contributed by atoms with E-state index in [-0.39, 0.29) is 0 Å². The largest absolute Gasteiger partial charge is 0.353 e. The minimum atomic E-state index is 0.411. The number of hydrogen-bond acceptors (Lipinski definition) is 2. The maximum Gasteiger partial charge on any atom is 0.156 e. The summed E-state index contributed by atoms with van der Waals surface area (Å²) in [7, 11) is 0. The van der Waals surface area contributed by atoms with E-state index in [1.165, 1.54) is 0 Å². The van der Waals surface area contributed by atoms with Gasteiger partial charge in [-0.2, -0.15) is 0 Å². The molecule has 0 saturated heterocycles. The van der Waals surface area contributed by atoms with Crippen LogP contribution in [0.2, 0.25) is 5.15 Å². The lowest BCUT2D eigenvalue weighted by atomic mass is 10.2. The molecule has 0 radical (unpaired) electrons. The van der Waals surface area contributed by atoms with Gasteiger partial charge in [0.15, 0.2) is 5.15 Å². The minimum Gasteiger partial charge on any atom is -0.353 e. The highest BCUT2D eigenvalue weighted by atomic mass is 35.5. The van der Waals surface area contributed by atoms with Crippen molar-refractivity contribution in [2.45, 2.75) is 0 Å². The van der Waals surface area contributed by atoms with Gasteiger partial charge in [0, 0.05) is 23.3 Å². The molecule has 3 aromatic rings. The lowest BCUT2D eigenvalue weighted by Gasteiger charge is -1.97. The van der Waals surface area contributed by atoms with Crippen LogP contribution in [0.15, 0.2) is 42.7 Å². The second-order valence-electron chi connectivity index (χ2n) is 3.47. The van der Waals surface area contributed by atoms with Crippen LogP contribution in [0.4, 0.5) is 0 Å². The van der Waals surface area contributed by atoms with E-state index < -0.39 is 0 Å². The molecule has 1 N–H and O–H groups in total. The van der Waals surface area contributed by atoms with Crippen LogP contribution < -0.4 is 0 Å². The van der Waals surface area contributed by atoms with Crippen molar-refractivity contribution >= 4 is 22.5 Å². The molecule has 0 aliphatic heterocycles. The summed E-state index contributed by atoms with van der Waals surface area (Å²) in [4.78, 5) is 11.5. The number of nitrogens with one attached hydrogen (secondary N) is 1. The molecule has 0 aliphatic rings. The Hall–Kier alpha value is -1.87. The third kappa shape index (κ3) is 1.46. The Morgan fingerprint density at radius 3 is 2.69 bits per heavy atom. The minimum absolute atomic E-state index is 0.411. The quantitative estimate of drug-likeness (QED) is 0.696. The molecule has 0 fully saturated rings. The van der Waals surface area contributed by atoms with E-state index in [1.54, 1.807) is 12.4 Å². The number of fused-ring (bicyclic) bond motifs is 1. The van der Waals surface area contributed by atoms with Crippen molar-refractivity contribution in [1.29, 1.82) is 0 Å². The maximum absolute atomic E-state index is 5.99. The average molecular weight is 230 g/mol. The van der Waals surface area contributed by atoms with Crippen molar-refractivity contribution in [3.8, 4) is 11.4 Å². The molecule has 0 unspecified atom stereocenters. The average Bonchev–Trinajstić information content (AvgIpc) is 2.73. The van der Waals surface area contributed by atoms with Crippen molar-refractivity contribution in [2.75, 3.05) is 0 Å². The summed E-state index contributed by atoms with van der Waals surface area (Å²) in [5.41, 5.74) is 2.64. The molecule has 0 amide bonds. The summed E-state index contributed by atoms with van der Waals surface area (Å²) in [6.45, 7) is 0. The summed E-state index contributed by atoms with van der Waals surface area (Å²) < 4.78 is 0. The third-order valence-corrected chi connectivity index (χ3v) is 2.72. The molecule has 0 spiro atoms. The number of nitrogens with zero attached hydrogens (tertiary/aromatic N) is 2. The molecule has 4 heteroatoms. The Kier molecular flexibility index (Phi) is 2.11. The van der Waals surface area contributed by atoms with E-state index in [4.69, 9.17) is 11.6 Å². The normalized spacial score (nSPS) is 10.8. The Morgan fingerprint density at radius 2 is 1.88 bits per heavy atom. The lowest BCUT2D eigenvalue weighted by molar-refractivity contribution is 1.19. The molecule has 0 aliphatic carbocycles. The highest BCUT2D eigenvalue weighted by Gasteiger charge is 2.08. The molecule has 78 valence electrons. The van der Waals surface area contributed by atoms with Gasteiger partial charge in [0.2, 0.25) is 0 Å². The first kappa shape index (κ1) is 9.36. The number of halogens is 1. The van der Waals surface area contributed by atoms with Crippen LogP contribution in [0.1, 0.15) is 0 Å². The van der Waals surface area contributed by atoms with Gasteiger partial charge in [0.05, 0.1) is 5.69 Å². The zero-order chi connectivity index (χ0) is 11.0. The Bertz CT molecular complexity index is 612. The van der Waals surface area contributed by atoms with Gasteiger partial charge in [-0.25, -0.2) is 9.97 Å². The zero-order valence-electron chi connectivity index (χ0n) is 8.31. The molecular formula is C12H8ClN3. The van der Waals surface area contributed by atoms with Gasteiger partial charge < -0.3 is 4.98 Å². The monoisotopic (exact) mass is 229 g/mol. The summed E-state index contributed by atoms with van der Waals surface area (Å²) in [5.74, 6) is 0. The first-order valence-corrected chi connectivity index (χ1v) is 5.27. The Balaban J connectivity index is 2.23. The summed E-state index contributed by atoms with van der Waals surface area (Å²) >= 11 is 5.99. The molecule has 3 rings (SSSR count). The van der Waals surface area contributed by atoms with Crippen LogP contribution in [0.25, 0.3) is 22.3 Å². The number of hydrogen-bond donors (Lipinski definition) is 1. The number of benzene rings is 1. The van der Waals surface area contributed by atoms with Crippen molar-refractivity contribution in [3.05, 3.63) is 47.9 Å². The standard InChI is InChI=1S/C12H8ClN3/c13-12-11(14-5-6-15-12)10-7-8-3-1-2-4-9(8)16-10/h1-7,16H. The van der Waals surface area contributed by atoms with Crippen molar-refractivity contribution in [2.24, 2.45) is 0 Å². The predicted molar refractivity (Wildman–Crippen MR) is 64.3 cm³/mol. The molecule has 2 heterocycles. The van der Waals surface area contributed by atoms with Gasteiger partial charge in [-0.3, -0.25) is 0 Å². The fourth-order valence-electron chi connectivity index (χ4n) is 1.70.